The van der Waals surface area contributed by atoms with Crippen molar-refractivity contribution in [1.82, 2.24) is 4.98 Å². The highest BCUT2D eigenvalue weighted by Crippen LogP contribution is 2.37. The minimum atomic E-state index is -4.09. The molecule has 1 aliphatic heterocycles. The van der Waals surface area contributed by atoms with Crippen molar-refractivity contribution in [2.75, 3.05) is 23.7 Å². The van der Waals surface area contributed by atoms with E-state index in [1.165, 1.54) is 0 Å². The van der Waals surface area contributed by atoms with Gasteiger partial charge in [0.1, 0.15) is 0 Å². The number of benzene rings is 1. The van der Waals surface area contributed by atoms with Crippen molar-refractivity contribution < 1.29 is 13.2 Å². The van der Waals surface area contributed by atoms with Crippen molar-refractivity contribution in [3.8, 4) is 0 Å². The fourth-order valence-electron chi connectivity index (χ4n) is 2.89. The maximum absolute atomic E-state index is 12.7. The van der Waals surface area contributed by atoms with Crippen molar-refractivity contribution in [3.63, 3.8) is 0 Å². The van der Waals surface area contributed by atoms with E-state index in [-0.39, 0.29) is 12.8 Å². The van der Waals surface area contributed by atoms with Crippen molar-refractivity contribution in [2.24, 2.45) is 5.92 Å². The highest BCUT2D eigenvalue weighted by atomic mass is 19.4. The highest BCUT2D eigenvalue weighted by molar-refractivity contribution is 5.97. The Labute approximate surface area is 120 Å². The van der Waals surface area contributed by atoms with Crippen molar-refractivity contribution in [3.05, 3.63) is 30.5 Å². The quantitative estimate of drug-likeness (QED) is 0.817. The van der Waals surface area contributed by atoms with Gasteiger partial charge in [-0.1, -0.05) is 0 Å². The van der Waals surface area contributed by atoms with Crippen LogP contribution in [0, 0.1) is 5.92 Å². The number of alkyl halides is 3. The molecule has 1 aliphatic rings. The van der Waals surface area contributed by atoms with Gasteiger partial charge in [0.2, 0.25) is 0 Å². The molecule has 1 fully saturated rings. The lowest BCUT2D eigenvalue weighted by Crippen LogP contribution is -2.39. The van der Waals surface area contributed by atoms with Crippen molar-refractivity contribution in [2.45, 2.75) is 19.0 Å². The topological polar surface area (TPSA) is 42.1 Å². The van der Waals surface area contributed by atoms with E-state index in [2.05, 4.69) is 4.98 Å². The molecular formula is C15H16F3N3. The van der Waals surface area contributed by atoms with Crippen LogP contribution in [0.15, 0.2) is 30.5 Å². The zero-order chi connectivity index (χ0) is 15.0. The second-order valence-electron chi connectivity index (χ2n) is 5.37. The Morgan fingerprint density at radius 3 is 2.52 bits per heavy atom. The Balaban J connectivity index is 1.84. The molecule has 2 aromatic rings. The number of rotatable bonds is 1. The summed E-state index contributed by atoms with van der Waals surface area (Å²) in [6, 6.07) is 7.39. The zero-order valence-electron chi connectivity index (χ0n) is 11.4. The molecule has 21 heavy (non-hydrogen) atoms. The molecule has 0 unspecified atom stereocenters. The first kappa shape index (κ1) is 14.0. The average molecular weight is 295 g/mol. The summed E-state index contributed by atoms with van der Waals surface area (Å²) in [6.45, 7) is 0.750. The fraction of sp³-hybridized carbons (Fsp3) is 0.400. The van der Waals surface area contributed by atoms with Gasteiger partial charge in [-0.05, 0) is 37.1 Å². The molecule has 6 heteroatoms. The Hall–Kier alpha value is -1.98. The van der Waals surface area contributed by atoms with Crippen LogP contribution in [0.4, 0.5) is 24.5 Å². The first-order valence-corrected chi connectivity index (χ1v) is 6.91. The van der Waals surface area contributed by atoms with Gasteiger partial charge < -0.3 is 10.6 Å². The summed E-state index contributed by atoms with van der Waals surface area (Å²) >= 11 is 0. The van der Waals surface area contributed by atoms with E-state index >= 15 is 0 Å². The summed E-state index contributed by atoms with van der Waals surface area (Å²) in [4.78, 5) is 6.16. The van der Waals surface area contributed by atoms with Gasteiger partial charge in [0, 0.05) is 24.7 Å². The Morgan fingerprint density at radius 1 is 1.14 bits per heavy atom. The van der Waals surface area contributed by atoms with Crippen LogP contribution in [0.3, 0.4) is 0 Å². The number of nitrogen functional groups attached to an aromatic ring is 1. The molecule has 2 N–H and O–H groups in total. The normalized spacial score (nSPS) is 17.4. The molecular weight excluding hydrogens is 279 g/mol. The Kier molecular flexibility index (Phi) is 3.39. The Bertz CT molecular complexity index is 646. The monoisotopic (exact) mass is 295 g/mol. The van der Waals surface area contributed by atoms with E-state index in [0.717, 1.165) is 16.6 Å². The van der Waals surface area contributed by atoms with E-state index < -0.39 is 12.1 Å². The van der Waals surface area contributed by atoms with Crippen LogP contribution in [-0.2, 0) is 0 Å². The summed E-state index contributed by atoms with van der Waals surface area (Å²) < 4.78 is 38.1. The highest BCUT2D eigenvalue weighted by Gasteiger charge is 2.41. The molecule has 0 bridgehead atoms. The second-order valence-corrected chi connectivity index (χ2v) is 5.37. The smallest absolute Gasteiger partial charge is 0.391 e. The first-order valence-electron chi connectivity index (χ1n) is 6.91. The standard InChI is InChI=1S/C15H16F3N3/c16-15(17,18)10-5-8-21(9-6-10)13-4-3-12-11(14(13)19)2-1-7-20-12/h1-4,7,10H,5-6,8-9,19H2. The van der Waals surface area contributed by atoms with Crippen LogP contribution in [0.25, 0.3) is 10.9 Å². The summed E-state index contributed by atoms with van der Waals surface area (Å²) in [5.74, 6) is -1.20. The Morgan fingerprint density at radius 2 is 1.86 bits per heavy atom. The van der Waals surface area contributed by atoms with Crippen LogP contribution in [0.1, 0.15) is 12.8 Å². The lowest BCUT2D eigenvalue weighted by atomic mass is 9.95. The van der Waals surface area contributed by atoms with Gasteiger partial charge in [0.15, 0.2) is 0 Å². The summed E-state index contributed by atoms with van der Waals surface area (Å²) in [7, 11) is 0. The third-order valence-electron chi connectivity index (χ3n) is 4.10. The molecule has 1 saturated heterocycles. The van der Waals surface area contributed by atoms with Crippen LogP contribution in [0.5, 0.6) is 0 Å². The molecule has 1 aromatic heterocycles. The zero-order valence-corrected chi connectivity index (χ0v) is 11.4. The molecule has 3 rings (SSSR count). The van der Waals surface area contributed by atoms with Crippen LogP contribution < -0.4 is 10.6 Å². The number of hydrogen-bond donors (Lipinski definition) is 1. The first-order chi connectivity index (χ1) is 9.97. The van der Waals surface area contributed by atoms with Gasteiger partial charge in [-0.3, -0.25) is 4.98 Å². The molecule has 3 nitrogen and oxygen atoms in total. The second kappa shape index (κ2) is 5.09. The number of halogens is 3. The molecule has 1 aromatic carbocycles. The predicted molar refractivity (Wildman–Crippen MR) is 77.1 cm³/mol. The number of anilines is 2. The summed E-state index contributed by atoms with van der Waals surface area (Å²) in [6.07, 6.45) is -2.16. The van der Waals surface area contributed by atoms with E-state index in [9.17, 15) is 13.2 Å². The lowest BCUT2D eigenvalue weighted by molar-refractivity contribution is -0.179. The number of aromatic nitrogens is 1. The van der Waals surface area contributed by atoms with Gasteiger partial charge in [-0.15, -0.1) is 0 Å². The van der Waals surface area contributed by atoms with Crippen molar-refractivity contribution in [1.29, 1.82) is 0 Å². The maximum Gasteiger partial charge on any atom is 0.391 e. The number of piperidine rings is 1. The molecule has 0 saturated carbocycles. The number of hydrogen-bond acceptors (Lipinski definition) is 3. The third-order valence-corrected chi connectivity index (χ3v) is 4.10. The molecule has 2 heterocycles. The fourth-order valence-corrected chi connectivity index (χ4v) is 2.89. The van der Waals surface area contributed by atoms with Gasteiger partial charge in [0.25, 0.3) is 0 Å². The molecule has 0 radical (unpaired) electrons. The molecule has 0 amide bonds. The van der Waals surface area contributed by atoms with Gasteiger partial charge in [0.05, 0.1) is 22.8 Å². The molecule has 0 aliphatic carbocycles. The predicted octanol–water partition coefficient (Wildman–Crippen LogP) is 3.60. The number of fused-ring (bicyclic) bond motifs is 1. The average Bonchev–Trinajstić information content (AvgIpc) is 2.47. The third kappa shape index (κ3) is 2.62. The van der Waals surface area contributed by atoms with E-state index in [4.69, 9.17) is 5.73 Å². The van der Waals surface area contributed by atoms with Gasteiger partial charge >= 0.3 is 6.18 Å². The van der Waals surface area contributed by atoms with Crippen LogP contribution in [0.2, 0.25) is 0 Å². The minimum absolute atomic E-state index is 0.119. The summed E-state index contributed by atoms with van der Waals surface area (Å²) in [5.41, 5.74) is 8.35. The number of nitrogens with two attached hydrogens (primary N) is 1. The van der Waals surface area contributed by atoms with E-state index in [1.807, 2.05) is 23.1 Å². The van der Waals surface area contributed by atoms with E-state index in [0.29, 0.717) is 18.8 Å². The minimum Gasteiger partial charge on any atom is -0.396 e. The maximum atomic E-state index is 12.7. The van der Waals surface area contributed by atoms with Crippen LogP contribution >= 0.6 is 0 Å². The molecule has 0 spiro atoms. The van der Waals surface area contributed by atoms with Crippen molar-refractivity contribution >= 4 is 22.3 Å². The summed E-state index contributed by atoms with van der Waals surface area (Å²) in [5, 5.41) is 0.841. The molecule has 112 valence electrons. The molecule has 0 atom stereocenters. The van der Waals surface area contributed by atoms with E-state index in [1.54, 1.807) is 12.3 Å². The SMILES string of the molecule is Nc1c(N2CCC(C(F)(F)F)CC2)ccc2ncccc12. The van der Waals surface area contributed by atoms with Crippen LogP contribution in [-0.4, -0.2) is 24.2 Å². The van der Waals surface area contributed by atoms with Gasteiger partial charge in [-0.25, -0.2) is 0 Å². The number of pyridine rings is 1. The number of nitrogens with zero attached hydrogens (tertiary/aromatic N) is 2. The van der Waals surface area contributed by atoms with Gasteiger partial charge in [-0.2, -0.15) is 13.2 Å². The largest absolute Gasteiger partial charge is 0.396 e. The lowest BCUT2D eigenvalue weighted by Gasteiger charge is -2.35.